The molecule has 1 aromatic heterocycles. The maximum Gasteiger partial charge on any atom is 0.374 e. The normalized spacial score (nSPS) is 15.2. The molecule has 0 saturated carbocycles. The lowest BCUT2D eigenvalue weighted by atomic mass is 10.1. The second-order valence-corrected chi connectivity index (χ2v) is 8.99. The van der Waals surface area contributed by atoms with Crippen molar-refractivity contribution in [1.82, 2.24) is 0 Å². The molecule has 168 valence electrons. The number of aromatic nitrogens is 1. The van der Waals surface area contributed by atoms with Crippen LogP contribution in [-0.4, -0.2) is 13.1 Å². The standard InChI is InChI=1S/C25H26Cl2N3O.HI/c1-5-28-22-11-15(3)16(4)12-23(22)31-24(28)8-7-17-9-10-30-21-14-19(27)18(26)13-20(21)29(6-2)25(17)30;/h7-8,11-14H,5-6,9-10H2,1-4H3;1H/q+1;/p-1. The molecule has 3 aromatic rings. The minimum Gasteiger partial charge on any atom is -1.00 e. The van der Waals surface area contributed by atoms with Crippen molar-refractivity contribution in [3.05, 3.63) is 68.8 Å². The van der Waals surface area contributed by atoms with Gasteiger partial charge >= 0.3 is 5.89 Å². The lowest BCUT2D eigenvalue weighted by molar-refractivity contribution is -0.674. The molecule has 0 unspecified atom stereocenters. The molecule has 2 aliphatic heterocycles. The summed E-state index contributed by atoms with van der Waals surface area (Å²) >= 11 is 12.6. The number of aryl methyl sites for hydroxylation is 3. The minimum absolute atomic E-state index is 0. The van der Waals surface area contributed by atoms with E-state index >= 15 is 0 Å². The maximum absolute atomic E-state index is 6.32. The number of hydrogen-bond acceptors (Lipinski definition) is 3. The van der Waals surface area contributed by atoms with Crippen LogP contribution in [0.4, 0.5) is 11.4 Å². The van der Waals surface area contributed by atoms with E-state index in [0.717, 1.165) is 54.4 Å². The Morgan fingerprint density at radius 3 is 2.38 bits per heavy atom. The van der Waals surface area contributed by atoms with Crippen LogP contribution in [0.2, 0.25) is 10.0 Å². The van der Waals surface area contributed by atoms with Crippen LogP contribution < -0.4 is 38.3 Å². The first-order valence-electron chi connectivity index (χ1n) is 10.8. The molecule has 4 nitrogen and oxygen atoms in total. The Balaban J connectivity index is 0.00000245. The Morgan fingerprint density at radius 2 is 1.69 bits per heavy atom. The van der Waals surface area contributed by atoms with E-state index in [1.54, 1.807) is 0 Å². The van der Waals surface area contributed by atoms with E-state index in [1.807, 2.05) is 12.1 Å². The second-order valence-electron chi connectivity index (χ2n) is 8.17. The molecule has 5 rings (SSSR count). The largest absolute Gasteiger partial charge is 1.00 e. The summed E-state index contributed by atoms with van der Waals surface area (Å²) in [4.78, 5) is 4.67. The van der Waals surface area contributed by atoms with Crippen LogP contribution in [0.5, 0.6) is 0 Å². The third-order valence-corrected chi connectivity index (χ3v) is 7.13. The van der Waals surface area contributed by atoms with Crippen molar-refractivity contribution in [3.63, 3.8) is 0 Å². The van der Waals surface area contributed by atoms with Crippen molar-refractivity contribution in [2.24, 2.45) is 0 Å². The number of rotatable bonds is 4. The molecule has 3 heterocycles. The van der Waals surface area contributed by atoms with Gasteiger partial charge in [-0.3, -0.25) is 0 Å². The molecule has 2 aromatic carbocycles. The van der Waals surface area contributed by atoms with Gasteiger partial charge in [0.25, 0.3) is 5.52 Å². The van der Waals surface area contributed by atoms with Crippen LogP contribution in [0.3, 0.4) is 0 Å². The maximum atomic E-state index is 6.32. The van der Waals surface area contributed by atoms with Gasteiger partial charge in [0.05, 0.1) is 27.5 Å². The molecule has 7 heteroatoms. The highest BCUT2D eigenvalue weighted by atomic mass is 127. The smallest absolute Gasteiger partial charge is 0.374 e. The second kappa shape index (κ2) is 8.92. The third kappa shape index (κ3) is 3.62. The van der Waals surface area contributed by atoms with Gasteiger partial charge < -0.3 is 38.2 Å². The summed E-state index contributed by atoms with van der Waals surface area (Å²) in [5.41, 5.74) is 8.15. The predicted octanol–water partition coefficient (Wildman–Crippen LogP) is 3.64. The van der Waals surface area contributed by atoms with Crippen molar-refractivity contribution in [2.75, 3.05) is 22.9 Å². The Labute approximate surface area is 216 Å². The van der Waals surface area contributed by atoms with Gasteiger partial charge in [0.15, 0.2) is 0 Å². The molecule has 0 saturated heterocycles. The Morgan fingerprint density at radius 1 is 1.00 bits per heavy atom. The van der Waals surface area contributed by atoms with Gasteiger partial charge in [-0.15, -0.1) is 0 Å². The van der Waals surface area contributed by atoms with Crippen LogP contribution >= 0.6 is 23.2 Å². The molecule has 0 amide bonds. The SMILES string of the molecule is CCN1C2=C(C=Cc3oc4cc(C)c(C)cc4[n+]3CC)CCN2c2cc(Cl)c(Cl)cc21.[I-]. The van der Waals surface area contributed by atoms with Crippen molar-refractivity contribution in [2.45, 2.75) is 40.7 Å². The molecule has 0 fully saturated rings. The molecular formula is C25H26Cl2IN3O. The van der Waals surface area contributed by atoms with Crippen LogP contribution in [0, 0.1) is 13.8 Å². The van der Waals surface area contributed by atoms with E-state index in [-0.39, 0.29) is 24.0 Å². The number of halogens is 3. The first-order chi connectivity index (χ1) is 14.9. The fraction of sp³-hybridized carbons (Fsp3) is 0.320. The fourth-order valence-electron chi connectivity index (χ4n) is 4.70. The number of nitrogens with zero attached hydrogens (tertiary/aromatic N) is 3. The molecular weight excluding hydrogens is 556 g/mol. The molecule has 0 bridgehead atoms. The Kier molecular flexibility index (Phi) is 6.54. The number of oxazole rings is 1. The highest BCUT2D eigenvalue weighted by molar-refractivity contribution is 6.42. The fourth-order valence-corrected chi connectivity index (χ4v) is 5.02. The number of hydrogen-bond donors (Lipinski definition) is 0. The van der Waals surface area contributed by atoms with E-state index in [2.05, 4.69) is 66.3 Å². The first-order valence-corrected chi connectivity index (χ1v) is 11.6. The zero-order valence-corrected chi connectivity index (χ0v) is 22.3. The van der Waals surface area contributed by atoms with E-state index in [4.69, 9.17) is 27.6 Å². The van der Waals surface area contributed by atoms with Crippen molar-refractivity contribution < 1.29 is 33.0 Å². The number of anilines is 2. The van der Waals surface area contributed by atoms with E-state index in [1.165, 1.54) is 22.5 Å². The zero-order chi connectivity index (χ0) is 21.9. The quantitative estimate of drug-likeness (QED) is 0.347. The molecule has 32 heavy (non-hydrogen) atoms. The molecule has 0 aliphatic carbocycles. The summed E-state index contributed by atoms with van der Waals surface area (Å²) in [6, 6.07) is 8.31. The average molecular weight is 582 g/mol. The zero-order valence-electron chi connectivity index (χ0n) is 18.7. The molecule has 2 aliphatic rings. The summed E-state index contributed by atoms with van der Waals surface area (Å²) in [5.74, 6) is 2.09. The number of fused-ring (bicyclic) bond motifs is 4. The van der Waals surface area contributed by atoms with Gasteiger partial charge in [-0.25, -0.2) is 0 Å². The van der Waals surface area contributed by atoms with Gasteiger partial charge in [-0.05, 0) is 75.1 Å². The lowest BCUT2D eigenvalue weighted by Crippen LogP contribution is -3.00. The number of benzene rings is 2. The van der Waals surface area contributed by atoms with Gasteiger partial charge in [0.1, 0.15) is 12.4 Å². The lowest BCUT2D eigenvalue weighted by Gasteiger charge is -2.20. The van der Waals surface area contributed by atoms with Gasteiger partial charge in [-0.2, -0.15) is 4.57 Å². The highest BCUT2D eigenvalue weighted by Crippen LogP contribution is 2.49. The van der Waals surface area contributed by atoms with E-state index in [9.17, 15) is 0 Å². The molecule has 0 spiro atoms. The van der Waals surface area contributed by atoms with Gasteiger partial charge in [-0.1, -0.05) is 23.2 Å². The highest BCUT2D eigenvalue weighted by Gasteiger charge is 2.36. The summed E-state index contributed by atoms with van der Waals surface area (Å²) in [7, 11) is 0. The first kappa shape index (κ1) is 23.5. The summed E-state index contributed by atoms with van der Waals surface area (Å²) in [6.07, 6.45) is 5.29. The van der Waals surface area contributed by atoms with Crippen molar-refractivity contribution >= 4 is 51.8 Å². The predicted molar refractivity (Wildman–Crippen MR) is 129 cm³/mol. The summed E-state index contributed by atoms with van der Waals surface area (Å²) in [5, 5.41) is 1.19. The molecule has 0 radical (unpaired) electrons. The van der Waals surface area contributed by atoms with E-state index in [0.29, 0.717) is 10.0 Å². The van der Waals surface area contributed by atoms with Gasteiger partial charge in [0, 0.05) is 19.2 Å². The Hall–Kier alpha value is -1.70. The van der Waals surface area contributed by atoms with Crippen molar-refractivity contribution in [3.8, 4) is 0 Å². The van der Waals surface area contributed by atoms with E-state index < -0.39 is 0 Å². The average Bonchev–Trinajstić information content (AvgIpc) is 3.38. The third-order valence-electron chi connectivity index (χ3n) is 6.41. The summed E-state index contributed by atoms with van der Waals surface area (Å²) in [6.45, 7) is 11.2. The van der Waals surface area contributed by atoms with Crippen molar-refractivity contribution in [1.29, 1.82) is 0 Å². The Bertz CT molecular complexity index is 1280. The molecule has 0 atom stereocenters. The minimum atomic E-state index is 0. The number of allylic oxidation sites excluding steroid dienone is 1. The van der Waals surface area contributed by atoms with Crippen LogP contribution in [0.1, 0.15) is 37.3 Å². The van der Waals surface area contributed by atoms with Crippen LogP contribution in [0.15, 0.2) is 46.2 Å². The van der Waals surface area contributed by atoms with Crippen LogP contribution in [0.25, 0.3) is 17.2 Å². The summed E-state index contributed by atoms with van der Waals surface area (Å²) < 4.78 is 8.47. The van der Waals surface area contributed by atoms with Crippen LogP contribution in [-0.2, 0) is 6.54 Å². The van der Waals surface area contributed by atoms with Gasteiger partial charge in [0.2, 0.25) is 5.58 Å². The topological polar surface area (TPSA) is 23.5 Å². The monoisotopic (exact) mass is 581 g/mol. The molecule has 0 N–H and O–H groups in total.